The van der Waals surface area contributed by atoms with Crippen LogP contribution in [0.2, 0.25) is 0 Å². The minimum atomic E-state index is -0.318. The summed E-state index contributed by atoms with van der Waals surface area (Å²) >= 11 is 0. The molecule has 2 aromatic carbocycles. The number of fused-ring (bicyclic) bond motifs is 1. The number of hydrogen-bond acceptors (Lipinski definition) is 5. The zero-order valence-electron chi connectivity index (χ0n) is 16.6. The standard InChI is InChI=1S/C22H26FN3O3/c1-28-19-8-9-20-21(16-19)29-22(27)26(20)11-3-2-10-24-12-14-25(15-13-24)18-6-4-17(23)5-7-18/h4-9,16H,2-3,10-15H2,1H3. The number of hydrogen-bond donors (Lipinski definition) is 0. The van der Waals surface area contributed by atoms with Gasteiger partial charge in [-0.15, -0.1) is 0 Å². The van der Waals surface area contributed by atoms with Crippen molar-refractivity contribution in [3.63, 3.8) is 0 Å². The van der Waals surface area contributed by atoms with Crippen LogP contribution in [0.1, 0.15) is 12.8 Å². The van der Waals surface area contributed by atoms with Crippen LogP contribution in [-0.2, 0) is 6.54 Å². The van der Waals surface area contributed by atoms with Gasteiger partial charge in [-0.05, 0) is 55.8 Å². The third-order valence-electron chi connectivity index (χ3n) is 5.55. The van der Waals surface area contributed by atoms with Crippen LogP contribution < -0.4 is 15.4 Å². The van der Waals surface area contributed by atoms with E-state index in [-0.39, 0.29) is 11.6 Å². The zero-order valence-corrected chi connectivity index (χ0v) is 16.6. The predicted octanol–water partition coefficient (Wildman–Crippen LogP) is 3.34. The molecule has 154 valence electrons. The highest BCUT2D eigenvalue weighted by molar-refractivity contribution is 5.74. The molecule has 0 N–H and O–H groups in total. The molecule has 1 aromatic heterocycles. The first-order valence-electron chi connectivity index (χ1n) is 10.0. The Morgan fingerprint density at radius 2 is 1.72 bits per heavy atom. The number of benzene rings is 2. The Bertz CT molecular complexity index is 1000. The Kier molecular flexibility index (Phi) is 5.85. The van der Waals surface area contributed by atoms with Crippen LogP contribution in [0.25, 0.3) is 11.1 Å². The summed E-state index contributed by atoms with van der Waals surface area (Å²) in [6, 6.07) is 12.2. The van der Waals surface area contributed by atoms with Gasteiger partial charge in [0.15, 0.2) is 5.58 Å². The van der Waals surface area contributed by atoms with Gasteiger partial charge in [0.1, 0.15) is 11.6 Å². The molecule has 0 atom stereocenters. The van der Waals surface area contributed by atoms with Gasteiger partial charge < -0.3 is 14.1 Å². The summed E-state index contributed by atoms with van der Waals surface area (Å²) in [6.07, 6.45) is 1.94. The molecule has 0 radical (unpaired) electrons. The number of nitrogens with zero attached hydrogens (tertiary/aromatic N) is 3. The van der Waals surface area contributed by atoms with E-state index in [0.29, 0.717) is 17.9 Å². The molecule has 0 unspecified atom stereocenters. The smallest absolute Gasteiger partial charge is 0.419 e. The van der Waals surface area contributed by atoms with Crippen LogP contribution >= 0.6 is 0 Å². The van der Waals surface area contributed by atoms with E-state index < -0.39 is 0 Å². The number of aryl methyl sites for hydroxylation is 1. The van der Waals surface area contributed by atoms with Crippen LogP contribution in [0, 0.1) is 5.82 Å². The maximum absolute atomic E-state index is 13.1. The van der Waals surface area contributed by atoms with Crippen LogP contribution in [0.15, 0.2) is 51.7 Å². The molecule has 7 heteroatoms. The number of anilines is 1. The molecular weight excluding hydrogens is 373 g/mol. The lowest BCUT2D eigenvalue weighted by atomic mass is 10.2. The summed E-state index contributed by atoms with van der Waals surface area (Å²) in [6.45, 7) is 5.53. The summed E-state index contributed by atoms with van der Waals surface area (Å²) in [4.78, 5) is 16.9. The van der Waals surface area contributed by atoms with Crippen molar-refractivity contribution in [2.75, 3.05) is 44.7 Å². The Morgan fingerprint density at radius 1 is 1.00 bits per heavy atom. The molecular formula is C22H26FN3O3. The molecule has 3 aromatic rings. The van der Waals surface area contributed by atoms with Gasteiger partial charge in [-0.1, -0.05) is 0 Å². The molecule has 2 heterocycles. The highest BCUT2D eigenvalue weighted by Gasteiger charge is 2.17. The molecule has 0 spiro atoms. The topological polar surface area (TPSA) is 50.9 Å². The number of aromatic nitrogens is 1. The lowest BCUT2D eigenvalue weighted by molar-refractivity contribution is 0.251. The van der Waals surface area contributed by atoms with Crippen molar-refractivity contribution in [3.05, 3.63) is 58.8 Å². The fraction of sp³-hybridized carbons (Fsp3) is 0.409. The molecule has 1 aliphatic rings. The van der Waals surface area contributed by atoms with Gasteiger partial charge in [-0.3, -0.25) is 9.47 Å². The second kappa shape index (κ2) is 8.69. The van der Waals surface area contributed by atoms with E-state index in [1.807, 2.05) is 24.3 Å². The van der Waals surface area contributed by atoms with Gasteiger partial charge in [-0.2, -0.15) is 0 Å². The van der Waals surface area contributed by atoms with Gasteiger partial charge >= 0.3 is 5.76 Å². The summed E-state index contributed by atoms with van der Waals surface area (Å²) in [5.41, 5.74) is 2.45. The third kappa shape index (κ3) is 4.45. The monoisotopic (exact) mass is 399 g/mol. The van der Waals surface area contributed by atoms with Crippen LogP contribution in [0.4, 0.5) is 10.1 Å². The Balaban J connectivity index is 1.24. The fourth-order valence-corrected chi connectivity index (χ4v) is 3.87. The molecule has 1 aliphatic heterocycles. The van der Waals surface area contributed by atoms with E-state index in [1.165, 1.54) is 12.1 Å². The average Bonchev–Trinajstić information content (AvgIpc) is 3.06. The minimum Gasteiger partial charge on any atom is -0.497 e. The van der Waals surface area contributed by atoms with Crippen LogP contribution in [0.3, 0.4) is 0 Å². The largest absolute Gasteiger partial charge is 0.497 e. The van der Waals surface area contributed by atoms with Crippen molar-refractivity contribution in [2.24, 2.45) is 0 Å². The number of halogens is 1. The van der Waals surface area contributed by atoms with E-state index in [1.54, 1.807) is 17.7 Å². The summed E-state index contributed by atoms with van der Waals surface area (Å²) < 4.78 is 25.3. The summed E-state index contributed by atoms with van der Waals surface area (Å²) in [5.74, 6) is 0.162. The predicted molar refractivity (Wildman–Crippen MR) is 111 cm³/mol. The first-order chi connectivity index (χ1) is 14.1. The van der Waals surface area contributed by atoms with Crippen molar-refractivity contribution in [3.8, 4) is 5.75 Å². The van der Waals surface area contributed by atoms with E-state index >= 15 is 0 Å². The highest BCUT2D eigenvalue weighted by atomic mass is 19.1. The van der Waals surface area contributed by atoms with E-state index in [4.69, 9.17) is 9.15 Å². The number of oxazole rings is 1. The van der Waals surface area contributed by atoms with E-state index in [0.717, 1.165) is 56.8 Å². The van der Waals surface area contributed by atoms with E-state index in [9.17, 15) is 9.18 Å². The second-order valence-corrected chi connectivity index (χ2v) is 7.37. The summed E-state index contributed by atoms with van der Waals surface area (Å²) in [5, 5.41) is 0. The fourth-order valence-electron chi connectivity index (χ4n) is 3.87. The van der Waals surface area contributed by atoms with Gasteiger partial charge in [-0.25, -0.2) is 9.18 Å². The van der Waals surface area contributed by atoms with Gasteiger partial charge in [0.25, 0.3) is 0 Å². The molecule has 0 bridgehead atoms. The Hall–Kier alpha value is -2.80. The van der Waals surface area contributed by atoms with Crippen molar-refractivity contribution >= 4 is 16.8 Å². The molecule has 4 rings (SSSR count). The van der Waals surface area contributed by atoms with Gasteiger partial charge in [0, 0.05) is 44.5 Å². The molecule has 1 saturated heterocycles. The number of methoxy groups -OCH3 is 1. The van der Waals surface area contributed by atoms with Crippen molar-refractivity contribution in [2.45, 2.75) is 19.4 Å². The van der Waals surface area contributed by atoms with E-state index in [2.05, 4.69) is 9.80 Å². The number of piperazine rings is 1. The molecule has 6 nitrogen and oxygen atoms in total. The Morgan fingerprint density at radius 3 is 2.45 bits per heavy atom. The van der Waals surface area contributed by atoms with Gasteiger partial charge in [0.2, 0.25) is 0 Å². The lowest BCUT2D eigenvalue weighted by Crippen LogP contribution is -2.46. The second-order valence-electron chi connectivity index (χ2n) is 7.37. The molecule has 29 heavy (non-hydrogen) atoms. The zero-order chi connectivity index (χ0) is 20.2. The molecule has 0 amide bonds. The minimum absolute atomic E-state index is 0.198. The highest BCUT2D eigenvalue weighted by Crippen LogP contribution is 2.20. The molecule has 0 saturated carbocycles. The first-order valence-corrected chi connectivity index (χ1v) is 10.0. The molecule has 0 aliphatic carbocycles. The first kappa shape index (κ1) is 19.5. The average molecular weight is 399 g/mol. The molecule has 1 fully saturated rings. The number of rotatable bonds is 7. The Labute approximate surface area is 169 Å². The van der Waals surface area contributed by atoms with Gasteiger partial charge in [0.05, 0.1) is 12.6 Å². The normalized spacial score (nSPS) is 15.2. The number of ether oxygens (including phenoxy) is 1. The number of unbranched alkanes of at least 4 members (excludes halogenated alkanes) is 1. The van der Waals surface area contributed by atoms with Crippen molar-refractivity contribution in [1.82, 2.24) is 9.47 Å². The van der Waals surface area contributed by atoms with Crippen molar-refractivity contribution in [1.29, 1.82) is 0 Å². The summed E-state index contributed by atoms with van der Waals surface area (Å²) in [7, 11) is 1.59. The van der Waals surface area contributed by atoms with Crippen LogP contribution in [0.5, 0.6) is 5.75 Å². The maximum Gasteiger partial charge on any atom is 0.419 e. The van der Waals surface area contributed by atoms with Crippen LogP contribution in [-0.4, -0.2) is 49.3 Å². The van der Waals surface area contributed by atoms with Crippen molar-refractivity contribution < 1.29 is 13.5 Å². The maximum atomic E-state index is 13.1. The third-order valence-corrected chi connectivity index (χ3v) is 5.55. The lowest BCUT2D eigenvalue weighted by Gasteiger charge is -2.36. The quantitative estimate of drug-likeness (QED) is 0.571. The SMILES string of the molecule is COc1ccc2c(c1)oc(=O)n2CCCCN1CCN(c2ccc(F)cc2)CC1.